The number of hydrogen-bond acceptors (Lipinski definition) is 6. The molecule has 1 N–H and O–H groups in total. The molecule has 0 aromatic carbocycles. The van der Waals surface area contributed by atoms with Gasteiger partial charge in [0, 0.05) is 25.5 Å². The quantitative estimate of drug-likeness (QED) is 0.557. The number of ether oxygens (including phenoxy) is 2. The molecule has 0 saturated carbocycles. The van der Waals surface area contributed by atoms with Gasteiger partial charge < -0.3 is 14.8 Å². The monoisotopic (exact) mass is 292 g/mol. The van der Waals surface area contributed by atoms with Crippen molar-refractivity contribution in [2.45, 2.75) is 19.8 Å². The third-order valence-corrected chi connectivity index (χ3v) is 2.80. The fourth-order valence-electron chi connectivity index (χ4n) is 1.76. The van der Waals surface area contributed by atoms with Crippen molar-refractivity contribution in [3.05, 3.63) is 24.5 Å². The van der Waals surface area contributed by atoms with Crippen LogP contribution in [0, 0.1) is 0 Å². The van der Waals surface area contributed by atoms with E-state index in [-0.39, 0.29) is 5.97 Å². The summed E-state index contributed by atoms with van der Waals surface area (Å²) in [5.74, 6) is 0.546. The summed E-state index contributed by atoms with van der Waals surface area (Å²) in [6, 6.07) is 3.76. The van der Waals surface area contributed by atoms with E-state index >= 15 is 0 Å². The Morgan fingerprint density at radius 2 is 2.29 bits per heavy atom. The normalized spacial score (nSPS) is 10.7. The Hall–Kier alpha value is -2.15. The number of rotatable bonds is 9. The van der Waals surface area contributed by atoms with E-state index in [9.17, 15) is 4.79 Å². The highest BCUT2D eigenvalue weighted by Crippen LogP contribution is 2.05. The highest BCUT2D eigenvalue weighted by Gasteiger charge is 2.02. The second-order valence-electron chi connectivity index (χ2n) is 4.40. The maximum absolute atomic E-state index is 11.3. The molecule has 0 aliphatic heterocycles. The number of nitrogens with zero attached hydrogens (tertiary/aromatic N) is 3. The summed E-state index contributed by atoms with van der Waals surface area (Å²) in [6.07, 6.45) is 4.53. The second kappa shape index (κ2) is 8.21. The largest absolute Gasteiger partial charge is 0.466 e. The predicted molar refractivity (Wildman–Crippen MR) is 78.2 cm³/mol. The Balaban J connectivity index is 1.60. The van der Waals surface area contributed by atoms with Crippen molar-refractivity contribution < 1.29 is 14.3 Å². The highest BCUT2D eigenvalue weighted by molar-refractivity contribution is 5.69. The van der Waals surface area contributed by atoms with E-state index in [1.165, 1.54) is 0 Å². The Labute approximate surface area is 123 Å². The first kappa shape index (κ1) is 15.2. The van der Waals surface area contributed by atoms with Crippen molar-refractivity contribution in [3.8, 4) is 0 Å². The summed E-state index contributed by atoms with van der Waals surface area (Å²) in [6.45, 7) is 4.01. The summed E-state index contributed by atoms with van der Waals surface area (Å²) in [5.41, 5.74) is 0.809. The molecule has 2 aromatic heterocycles. The summed E-state index contributed by atoms with van der Waals surface area (Å²) in [4.78, 5) is 15.4. The predicted octanol–water partition coefficient (Wildman–Crippen LogP) is 1.50. The molecule has 0 aliphatic rings. The number of carbonyl (C=O) groups is 1. The molecule has 7 nitrogen and oxygen atoms in total. The minimum atomic E-state index is -0.221. The summed E-state index contributed by atoms with van der Waals surface area (Å²) >= 11 is 0. The smallest absolute Gasteiger partial charge is 0.308 e. The van der Waals surface area contributed by atoms with Crippen molar-refractivity contribution in [3.63, 3.8) is 0 Å². The number of imidazole rings is 1. The van der Waals surface area contributed by atoms with Crippen LogP contribution < -0.4 is 5.32 Å². The van der Waals surface area contributed by atoms with Gasteiger partial charge in [-0.25, -0.2) is 9.50 Å². The van der Waals surface area contributed by atoms with Gasteiger partial charge in [-0.15, -0.1) is 5.10 Å². The average Bonchev–Trinajstić information content (AvgIpc) is 2.94. The van der Waals surface area contributed by atoms with Crippen LogP contribution in [0.15, 0.2) is 24.5 Å². The van der Waals surface area contributed by atoms with Crippen LogP contribution in [0.25, 0.3) is 5.65 Å². The minimum Gasteiger partial charge on any atom is -0.466 e. The SMILES string of the molecule is CCOCCC(=O)OCCCNc1ccc2nccn2n1. The van der Waals surface area contributed by atoms with E-state index < -0.39 is 0 Å². The molecule has 2 aromatic rings. The zero-order valence-electron chi connectivity index (χ0n) is 12.1. The molecule has 0 aliphatic carbocycles. The van der Waals surface area contributed by atoms with Crippen molar-refractivity contribution in [2.24, 2.45) is 0 Å². The number of esters is 1. The van der Waals surface area contributed by atoms with E-state index in [1.807, 2.05) is 19.1 Å². The molecule has 0 spiro atoms. The van der Waals surface area contributed by atoms with E-state index in [0.717, 1.165) is 17.9 Å². The van der Waals surface area contributed by atoms with Crippen LogP contribution in [0.4, 0.5) is 5.82 Å². The third kappa shape index (κ3) is 5.03. The lowest BCUT2D eigenvalue weighted by molar-refractivity contribution is -0.144. The summed E-state index contributed by atoms with van der Waals surface area (Å²) in [5, 5.41) is 7.51. The number of nitrogens with one attached hydrogen (secondary N) is 1. The van der Waals surface area contributed by atoms with Crippen LogP contribution in [0.3, 0.4) is 0 Å². The minimum absolute atomic E-state index is 0.221. The molecule has 2 rings (SSSR count). The molecular weight excluding hydrogens is 272 g/mol. The van der Waals surface area contributed by atoms with Crippen LogP contribution in [0.1, 0.15) is 19.8 Å². The molecule has 0 radical (unpaired) electrons. The molecule has 0 bridgehead atoms. The summed E-state index contributed by atoms with van der Waals surface area (Å²) in [7, 11) is 0. The molecule has 0 fully saturated rings. The lowest BCUT2D eigenvalue weighted by Crippen LogP contribution is -2.12. The van der Waals surface area contributed by atoms with Crippen LogP contribution in [-0.4, -0.2) is 46.9 Å². The Kier molecular flexibility index (Phi) is 5.96. The van der Waals surface area contributed by atoms with Gasteiger partial charge >= 0.3 is 5.97 Å². The Bertz CT molecular complexity index is 570. The molecule has 2 heterocycles. The zero-order chi connectivity index (χ0) is 14.9. The van der Waals surface area contributed by atoms with E-state index in [0.29, 0.717) is 32.8 Å². The Morgan fingerprint density at radius 3 is 3.14 bits per heavy atom. The van der Waals surface area contributed by atoms with Gasteiger partial charge in [0.15, 0.2) is 5.65 Å². The molecular formula is C14H20N4O3. The molecule has 114 valence electrons. The maximum Gasteiger partial charge on any atom is 0.308 e. The number of aromatic nitrogens is 3. The van der Waals surface area contributed by atoms with Gasteiger partial charge in [-0.1, -0.05) is 0 Å². The standard InChI is InChI=1S/C14H20N4O3/c1-2-20-11-6-14(19)21-10-3-7-15-12-4-5-13-16-8-9-18(13)17-12/h4-5,8-9H,2-3,6-7,10-11H2,1H3,(H,15,17). The third-order valence-electron chi connectivity index (χ3n) is 2.80. The fourth-order valence-corrected chi connectivity index (χ4v) is 1.76. The van der Waals surface area contributed by atoms with Crippen molar-refractivity contribution >= 4 is 17.4 Å². The van der Waals surface area contributed by atoms with Crippen LogP contribution in [-0.2, 0) is 14.3 Å². The highest BCUT2D eigenvalue weighted by atomic mass is 16.5. The van der Waals surface area contributed by atoms with Gasteiger partial charge in [0.1, 0.15) is 5.82 Å². The lowest BCUT2D eigenvalue weighted by Gasteiger charge is -2.07. The van der Waals surface area contributed by atoms with Crippen molar-refractivity contribution in [2.75, 3.05) is 31.7 Å². The molecule has 0 amide bonds. The molecule has 7 heteroatoms. The van der Waals surface area contributed by atoms with Crippen LogP contribution in [0.5, 0.6) is 0 Å². The van der Waals surface area contributed by atoms with Gasteiger partial charge in [-0.2, -0.15) is 0 Å². The Morgan fingerprint density at radius 1 is 1.38 bits per heavy atom. The van der Waals surface area contributed by atoms with E-state index in [2.05, 4.69) is 15.4 Å². The van der Waals surface area contributed by atoms with E-state index in [4.69, 9.17) is 9.47 Å². The lowest BCUT2D eigenvalue weighted by atomic mass is 10.4. The average molecular weight is 292 g/mol. The number of carbonyl (C=O) groups excluding carboxylic acids is 1. The first-order valence-corrected chi connectivity index (χ1v) is 7.07. The van der Waals surface area contributed by atoms with Gasteiger partial charge in [-0.05, 0) is 25.5 Å². The number of hydrogen-bond donors (Lipinski definition) is 1. The van der Waals surface area contributed by atoms with Gasteiger partial charge in [-0.3, -0.25) is 4.79 Å². The number of fused-ring (bicyclic) bond motifs is 1. The molecule has 21 heavy (non-hydrogen) atoms. The summed E-state index contributed by atoms with van der Waals surface area (Å²) < 4.78 is 11.9. The van der Waals surface area contributed by atoms with Gasteiger partial charge in [0.2, 0.25) is 0 Å². The van der Waals surface area contributed by atoms with Gasteiger partial charge in [0.05, 0.1) is 19.6 Å². The first-order valence-electron chi connectivity index (χ1n) is 7.07. The van der Waals surface area contributed by atoms with Crippen LogP contribution >= 0.6 is 0 Å². The molecule has 0 atom stereocenters. The topological polar surface area (TPSA) is 77.8 Å². The molecule has 0 saturated heterocycles. The first-order chi connectivity index (χ1) is 10.3. The number of anilines is 1. The van der Waals surface area contributed by atoms with Crippen molar-refractivity contribution in [1.82, 2.24) is 14.6 Å². The van der Waals surface area contributed by atoms with E-state index in [1.54, 1.807) is 16.9 Å². The van der Waals surface area contributed by atoms with Gasteiger partial charge in [0.25, 0.3) is 0 Å². The molecule has 0 unspecified atom stereocenters. The zero-order valence-corrected chi connectivity index (χ0v) is 12.1. The second-order valence-corrected chi connectivity index (χ2v) is 4.40. The van der Waals surface area contributed by atoms with Crippen molar-refractivity contribution in [1.29, 1.82) is 0 Å². The maximum atomic E-state index is 11.3. The van der Waals surface area contributed by atoms with Crippen LogP contribution in [0.2, 0.25) is 0 Å². The fraction of sp³-hybridized carbons (Fsp3) is 0.500.